The molecule has 0 amide bonds. The Hall–Kier alpha value is -0.900. The average Bonchev–Trinajstić information content (AvgIpc) is 2.49. The highest BCUT2D eigenvalue weighted by Crippen LogP contribution is 2.33. The van der Waals surface area contributed by atoms with E-state index in [4.69, 9.17) is 9.47 Å². The quantitative estimate of drug-likeness (QED) is 0.776. The molecule has 3 nitrogen and oxygen atoms in total. The van der Waals surface area contributed by atoms with Crippen molar-refractivity contribution >= 4 is 0 Å². The zero-order chi connectivity index (χ0) is 14.2. The SMILES string of the molecule is CCCNCC1CCCOC1c1ccc(COC)cc1. The highest BCUT2D eigenvalue weighted by molar-refractivity contribution is 5.24. The number of hydrogen-bond acceptors (Lipinski definition) is 3. The third-order valence-electron chi connectivity index (χ3n) is 3.90. The highest BCUT2D eigenvalue weighted by atomic mass is 16.5. The summed E-state index contributed by atoms with van der Waals surface area (Å²) in [4.78, 5) is 0. The van der Waals surface area contributed by atoms with E-state index in [1.165, 1.54) is 30.4 Å². The normalized spacial score (nSPS) is 22.9. The maximum Gasteiger partial charge on any atom is 0.0865 e. The molecule has 0 saturated carbocycles. The first-order chi connectivity index (χ1) is 9.85. The largest absolute Gasteiger partial charge is 0.380 e. The number of methoxy groups -OCH3 is 1. The first kappa shape index (κ1) is 15.5. The molecule has 112 valence electrons. The van der Waals surface area contributed by atoms with Crippen molar-refractivity contribution in [3.63, 3.8) is 0 Å². The van der Waals surface area contributed by atoms with Gasteiger partial charge in [0, 0.05) is 26.2 Å². The van der Waals surface area contributed by atoms with Crippen LogP contribution in [0.3, 0.4) is 0 Å². The Morgan fingerprint density at radius 3 is 2.80 bits per heavy atom. The van der Waals surface area contributed by atoms with E-state index in [0.717, 1.165) is 19.7 Å². The van der Waals surface area contributed by atoms with Gasteiger partial charge in [-0.1, -0.05) is 31.2 Å². The lowest BCUT2D eigenvalue weighted by molar-refractivity contribution is -0.0277. The van der Waals surface area contributed by atoms with E-state index in [1.807, 2.05) is 0 Å². The minimum atomic E-state index is 0.240. The van der Waals surface area contributed by atoms with Crippen molar-refractivity contribution in [2.75, 3.05) is 26.8 Å². The molecule has 1 N–H and O–H groups in total. The Kier molecular flexibility index (Phi) is 6.51. The van der Waals surface area contributed by atoms with Crippen molar-refractivity contribution in [1.82, 2.24) is 5.32 Å². The van der Waals surface area contributed by atoms with E-state index in [-0.39, 0.29) is 6.10 Å². The Labute approximate surface area is 122 Å². The monoisotopic (exact) mass is 277 g/mol. The minimum absolute atomic E-state index is 0.240. The molecule has 2 atom stereocenters. The van der Waals surface area contributed by atoms with E-state index in [1.54, 1.807) is 7.11 Å². The second kappa shape index (κ2) is 8.40. The topological polar surface area (TPSA) is 30.5 Å². The lowest BCUT2D eigenvalue weighted by Gasteiger charge is -2.32. The van der Waals surface area contributed by atoms with Crippen molar-refractivity contribution in [2.45, 2.75) is 38.9 Å². The fraction of sp³-hybridized carbons (Fsp3) is 0.647. The average molecular weight is 277 g/mol. The minimum Gasteiger partial charge on any atom is -0.380 e. The fourth-order valence-electron chi connectivity index (χ4n) is 2.86. The predicted octanol–water partition coefficient (Wildman–Crippen LogP) is 3.30. The molecule has 0 spiro atoms. The zero-order valence-electron chi connectivity index (χ0n) is 12.7. The van der Waals surface area contributed by atoms with Crippen molar-refractivity contribution in [1.29, 1.82) is 0 Å². The molecule has 0 radical (unpaired) electrons. The van der Waals surface area contributed by atoms with Gasteiger partial charge in [0.2, 0.25) is 0 Å². The van der Waals surface area contributed by atoms with Crippen LogP contribution in [0.4, 0.5) is 0 Å². The first-order valence-corrected chi connectivity index (χ1v) is 7.75. The van der Waals surface area contributed by atoms with Crippen LogP contribution in [0.5, 0.6) is 0 Å². The van der Waals surface area contributed by atoms with Crippen LogP contribution < -0.4 is 5.32 Å². The van der Waals surface area contributed by atoms with Gasteiger partial charge >= 0.3 is 0 Å². The van der Waals surface area contributed by atoms with Gasteiger partial charge in [-0.3, -0.25) is 0 Å². The summed E-state index contributed by atoms with van der Waals surface area (Å²) in [5.74, 6) is 0.587. The molecule has 0 aromatic heterocycles. The van der Waals surface area contributed by atoms with E-state index in [2.05, 4.69) is 36.5 Å². The zero-order valence-corrected chi connectivity index (χ0v) is 12.7. The van der Waals surface area contributed by atoms with Crippen molar-refractivity contribution in [3.8, 4) is 0 Å². The standard InChI is InChI=1S/C17H27NO2/c1-3-10-18-12-16-5-4-11-20-17(16)15-8-6-14(7-9-15)13-19-2/h6-9,16-18H,3-5,10-13H2,1-2H3. The summed E-state index contributed by atoms with van der Waals surface area (Å²) in [5.41, 5.74) is 2.51. The summed E-state index contributed by atoms with van der Waals surface area (Å²) >= 11 is 0. The van der Waals surface area contributed by atoms with E-state index in [9.17, 15) is 0 Å². The number of rotatable bonds is 7. The summed E-state index contributed by atoms with van der Waals surface area (Å²) in [6.07, 6.45) is 3.85. The molecule has 1 aromatic carbocycles. The molecule has 1 aromatic rings. The van der Waals surface area contributed by atoms with Gasteiger partial charge in [-0.2, -0.15) is 0 Å². The van der Waals surface area contributed by atoms with Crippen molar-refractivity contribution in [3.05, 3.63) is 35.4 Å². The molecule has 1 aliphatic heterocycles. The Morgan fingerprint density at radius 2 is 2.10 bits per heavy atom. The summed E-state index contributed by atoms with van der Waals surface area (Å²) in [7, 11) is 1.73. The molecular weight excluding hydrogens is 250 g/mol. The molecule has 1 heterocycles. The molecule has 1 fully saturated rings. The van der Waals surface area contributed by atoms with Crippen molar-refractivity contribution in [2.24, 2.45) is 5.92 Å². The molecule has 0 bridgehead atoms. The van der Waals surface area contributed by atoms with Crippen LogP contribution >= 0.6 is 0 Å². The Bertz CT molecular complexity index is 377. The second-order valence-electron chi connectivity index (χ2n) is 5.57. The number of nitrogens with one attached hydrogen (secondary N) is 1. The summed E-state index contributed by atoms with van der Waals surface area (Å²) in [5, 5.41) is 3.54. The van der Waals surface area contributed by atoms with Crippen LogP contribution in [0, 0.1) is 5.92 Å². The molecular formula is C17H27NO2. The lowest BCUT2D eigenvalue weighted by Crippen LogP contribution is -2.32. The maximum absolute atomic E-state index is 6.04. The summed E-state index contributed by atoms with van der Waals surface area (Å²) in [6, 6.07) is 8.68. The van der Waals surface area contributed by atoms with Crippen LogP contribution in [0.25, 0.3) is 0 Å². The second-order valence-corrected chi connectivity index (χ2v) is 5.57. The molecule has 1 aliphatic rings. The van der Waals surface area contributed by atoms with Crippen molar-refractivity contribution < 1.29 is 9.47 Å². The molecule has 2 rings (SSSR count). The highest BCUT2D eigenvalue weighted by Gasteiger charge is 2.26. The van der Waals surface area contributed by atoms with Crippen LogP contribution in [0.1, 0.15) is 43.4 Å². The summed E-state index contributed by atoms with van der Waals surface area (Å²) in [6.45, 7) is 5.91. The van der Waals surface area contributed by atoms with Crippen LogP contribution in [-0.2, 0) is 16.1 Å². The molecule has 2 unspecified atom stereocenters. The third-order valence-corrected chi connectivity index (χ3v) is 3.90. The first-order valence-electron chi connectivity index (χ1n) is 7.75. The van der Waals surface area contributed by atoms with Crippen LogP contribution in [0.15, 0.2) is 24.3 Å². The lowest BCUT2D eigenvalue weighted by atomic mass is 9.89. The van der Waals surface area contributed by atoms with Gasteiger partial charge in [0.05, 0.1) is 12.7 Å². The number of benzene rings is 1. The van der Waals surface area contributed by atoms with Crippen LogP contribution in [0.2, 0.25) is 0 Å². The van der Waals surface area contributed by atoms with Gasteiger partial charge in [-0.15, -0.1) is 0 Å². The fourth-order valence-corrected chi connectivity index (χ4v) is 2.86. The van der Waals surface area contributed by atoms with Gasteiger partial charge in [0.25, 0.3) is 0 Å². The maximum atomic E-state index is 6.04. The Morgan fingerprint density at radius 1 is 1.30 bits per heavy atom. The smallest absolute Gasteiger partial charge is 0.0865 e. The predicted molar refractivity (Wildman–Crippen MR) is 81.7 cm³/mol. The Balaban J connectivity index is 1.99. The van der Waals surface area contributed by atoms with E-state index >= 15 is 0 Å². The molecule has 1 saturated heterocycles. The number of ether oxygens (including phenoxy) is 2. The van der Waals surface area contributed by atoms with E-state index in [0.29, 0.717) is 12.5 Å². The van der Waals surface area contributed by atoms with E-state index < -0.39 is 0 Å². The molecule has 0 aliphatic carbocycles. The number of hydrogen-bond donors (Lipinski definition) is 1. The van der Waals surface area contributed by atoms with Gasteiger partial charge in [-0.25, -0.2) is 0 Å². The third kappa shape index (κ3) is 4.30. The van der Waals surface area contributed by atoms with Gasteiger partial charge in [0.15, 0.2) is 0 Å². The van der Waals surface area contributed by atoms with Crippen LogP contribution in [-0.4, -0.2) is 26.8 Å². The van der Waals surface area contributed by atoms with Gasteiger partial charge < -0.3 is 14.8 Å². The van der Waals surface area contributed by atoms with Gasteiger partial charge in [-0.05, 0) is 36.9 Å². The summed E-state index contributed by atoms with van der Waals surface area (Å²) < 4.78 is 11.2. The molecule has 20 heavy (non-hydrogen) atoms. The van der Waals surface area contributed by atoms with Gasteiger partial charge in [0.1, 0.15) is 0 Å². The molecule has 3 heteroatoms.